The van der Waals surface area contributed by atoms with Gasteiger partial charge in [-0.05, 0) is 61.1 Å². The third-order valence-corrected chi connectivity index (χ3v) is 6.00. The summed E-state index contributed by atoms with van der Waals surface area (Å²) < 4.78 is 14.5. The number of carboxylic acids is 1. The van der Waals surface area contributed by atoms with Gasteiger partial charge in [0.2, 0.25) is 0 Å². The molecule has 1 amide bonds. The number of ether oxygens (including phenoxy) is 1. The number of hydrogen-bond acceptors (Lipinski definition) is 3. The molecular formula is C27H27NO4. The first-order chi connectivity index (χ1) is 15.7. The fourth-order valence-electron chi connectivity index (χ4n) is 4.63. The Morgan fingerprint density at radius 3 is 2.00 bits per heavy atom. The molecule has 3 aromatic rings. The summed E-state index contributed by atoms with van der Waals surface area (Å²) in [6, 6.07) is 18.2. The number of anilines is 1. The lowest BCUT2D eigenvalue weighted by Crippen LogP contribution is -2.45. The van der Waals surface area contributed by atoms with E-state index in [-0.39, 0.29) is 0 Å². The number of rotatable bonds is 5. The molecule has 0 aliphatic heterocycles. The van der Waals surface area contributed by atoms with Crippen LogP contribution in [0, 0.1) is 20.8 Å². The lowest BCUT2D eigenvalue weighted by atomic mass is 9.98. The molecule has 164 valence electrons. The van der Waals surface area contributed by atoms with E-state index >= 15 is 0 Å². The van der Waals surface area contributed by atoms with Crippen LogP contribution >= 0.6 is 0 Å². The zero-order valence-corrected chi connectivity index (χ0v) is 18.6. The SMILES string of the molecule is [2H]C(OC(=O)N(c1c(C)cc(C)cc1C)[C@@H](C)C(=O)O)C1c2ccccc2-c2ccccc21. The van der Waals surface area contributed by atoms with Gasteiger partial charge in [-0.1, -0.05) is 66.2 Å². The normalized spacial score (nSPS) is 14.7. The van der Waals surface area contributed by atoms with Crippen molar-refractivity contribution in [1.82, 2.24) is 0 Å². The van der Waals surface area contributed by atoms with Crippen molar-refractivity contribution in [3.63, 3.8) is 0 Å². The summed E-state index contributed by atoms with van der Waals surface area (Å²) in [5.41, 5.74) is 6.95. The van der Waals surface area contributed by atoms with Crippen molar-refractivity contribution in [3.05, 3.63) is 88.5 Å². The van der Waals surface area contributed by atoms with Crippen molar-refractivity contribution >= 4 is 17.7 Å². The van der Waals surface area contributed by atoms with E-state index in [1.807, 2.05) is 81.4 Å². The quantitative estimate of drug-likeness (QED) is 0.552. The Balaban J connectivity index is 1.70. The number of carboxylic acid groups (broad SMARTS) is 1. The number of hydrogen-bond donors (Lipinski definition) is 1. The molecule has 0 fully saturated rings. The molecule has 0 spiro atoms. The number of fused-ring (bicyclic) bond motifs is 3. The van der Waals surface area contributed by atoms with E-state index in [4.69, 9.17) is 6.11 Å². The molecule has 0 aromatic heterocycles. The summed E-state index contributed by atoms with van der Waals surface area (Å²) in [7, 11) is 0. The molecular weight excluding hydrogens is 402 g/mol. The van der Waals surface area contributed by atoms with Crippen LogP contribution < -0.4 is 4.90 Å². The molecule has 0 heterocycles. The van der Waals surface area contributed by atoms with E-state index in [9.17, 15) is 14.7 Å². The van der Waals surface area contributed by atoms with Crippen molar-refractivity contribution in [2.45, 2.75) is 39.7 Å². The minimum Gasteiger partial charge on any atom is -0.480 e. The Bertz CT molecular complexity index is 1170. The number of carbonyl (C=O) groups excluding carboxylic acids is 1. The Labute approximate surface area is 189 Å². The molecule has 0 radical (unpaired) electrons. The van der Waals surface area contributed by atoms with Crippen LogP contribution in [0.1, 0.15) is 42.0 Å². The number of aliphatic carboxylic acids is 1. The van der Waals surface area contributed by atoms with Crippen LogP contribution in [0.4, 0.5) is 10.5 Å². The maximum atomic E-state index is 13.4. The Morgan fingerprint density at radius 1 is 1.00 bits per heavy atom. The van der Waals surface area contributed by atoms with Gasteiger partial charge in [0, 0.05) is 5.92 Å². The molecule has 0 saturated heterocycles. The van der Waals surface area contributed by atoms with E-state index in [2.05, 4.69) is 0 Å². The maximum absolute atomic E-state index is 13.4. The van der Waals surface area contributed by atoms with Crippen molar-refractivity contribution in [2.75, 3.05) is 11.5 Å². The van der Waals surface area contributed by atoms with Crippen molar-refractivity contribution in [1.29, 1.82) is 0 Å². The second-order valence-electron chi connectivity index (χ2n) is 8.30. The number of benzene rings is 3. The first kappa shape index (κ1) is 20.3. The van der Waals surface area contributed by atoms with Gasteiger partial charge in [-0.3, -0.25) is 4.90 Å². The molecule has 32 heavy (non-hydrogen) atoms. The molecule has 1 aliphatic carbocycles. The van der Waals surface area contributed by atoms with Crippen LogP contribution in [0.5, 0.6) is 0 Å². The van der Waals surface area contributed by atoms with Crippen LogP contribution in [0.3, 0.4) is 0 Å². The Morgan fingerprint density at radius 2 is 1.50 bits per heavy atom. The average molecular weight is 431 g/mol. The number of nitrogens with zero attached hydrogens (tertiary/aromatic N) is 1. The van der Waals surface area contributed by atoms with Crippen LogP contribution in [0.15, 0.2) is 60.7 Å². The van der Waals surface area contributed by atoms with Gasteiger partial charge in [-0.15, -0.1) is 0 Å². The number of amides is 1. The van der Waals surface area contributed by atoms with Crippen LogP contribution in [0.2, 0.25) is 0 Å². The average Bonchev–Trinajstić information content (AvgIpc) is 3.10. The summed E-state index contributed by atoms with van der Waals surface area (Å²) >= 11 is 0. The van der Waals surface area contributed by atoms with Crippen molar-refractivity contribution in [3.8, 4) is 11.1 Å². The van der Waals surface area contributed by atoms with Gasteiger partial charge in [-0.2, -0.15) is 0 Å². The van der Waals surface area contributed by atoms with Crippen LogP contribution in [0.25, 0.3) is 11.1 Å². The van der Waals surface area contributed by atoms with Gasteiger partial charge in [-0.25, -0.2) is 9.59 Å². The van der Waals surface area contributed by atoms with Gasteiger partial charge in [0.25, 0.3) is 0 Å². The summed E-state index contributed by atoms with van der Waals surface area (Å²) in [6.07, 6.45) is -0.846. The van der Waals surface area contributed by atoms with Gasteiger partial charge < -0.3 is 9.84 Å². The summed E-state index contributed by atoms with van der Waals surface area (Å²) in [5.74, 6) is -1.60. The molecule has 3 aromatic carbocycles. The highest BCUT2D eigenvalue weighted by Gasteiger charge is 2.33. The van der Waals surface area contributed by atoms with Crippen molar-refractivity contribution < 1.29 is 20.8 Å². The second kappa shape index (κ2) is 8.50. The van der Waals surface area contributed by atoms with Gasteiger partial charge >= 0.3 is 12.1 Å². The molecule has 5 nitrogen and oxygen atoms in total. The predicted octanol–water partition coefficient (Wildman–Crippen LogP) is 5.84. The molecule has 1 unspecified atom stereocenters. The van der Waals surface area contributed by atoms with E-state index in [0.717, 1.165) is 43.8 Å². The minimum atomic E-state index is -1.24. The summed E-state index contributed by atoms with van der Waals surface area (Å²) in [6.45, 7) is 5.83. The molecule has 4 rings (SSSR count). The molecule has 2 atom stereocenters. The van der Waals surface area contributed by atoms with E-state index in [1.165, 1.54) is 6.92 Å². The lowest BCUT2D eigenvalue weighted by Gasteiger charge is -2.29. The highest BCUT2D eigenvalue weighted by atomic mass is 16.6. The van der Waals surface area contributed by atoms with E-state index in [1.54, 1.807) is 0 Å². The topological polar surface area (TPSA) is 66.8 Å². The third kappa shape index (κ3) is 3.75. The molecule has 0 saturated carbocycles. The molecule has 1 aliphatic rings. The summed E-state index contributed by atoms with van der Waals surface area (Å²) in [4.78, 5) is 26.4. The van der Waals surface area contributed by atoms with Crippen LogP contribution in [-0.4, -0.2) is 29.8 Å². The number of carbonyl (C=O) groups is 2. The smallest absolute Gasteiger partial charge is 0.415 e. The van der Waals surface area contributed by atoms with Gasteiger partial charge in [0.05, 0.1) is 7.06 Å². The predicted molar refractivity (Wildman–Crippen MR) is 125 cm³/mol. The highest BCUT2D eigenvalue weighted by Crippen LogP contribution is 2.44. The molecule has 0 bridgehead atoms. The zero-order chi connectivity index (χ0) is 23.9. The Kier molecular flexibility index (Phi) is 5.39. The van der Waals surface area contributed by atoms with Gasteiger partial charge in [0.1, 0.15) is 12.6 Å². The maximum Gasteiger partial charge on any atom is 0.415 e. The standard InChI is InChI=1S/C27H27NO4/c1-16-13-17(2)25(18(3)14-16)28(19(4)26(29)30)27(31)32-15-24-22-11-7-5-9-20(22)21-10-6-8-12-23(21)24/h5-14,19,24H,15H2,1-4H3,(H,29,30)/t19-/m0/s1/i15D/t15?,19-. The Hall–Kier alpha value is -3.60. The monoisotopic (exact) mass is 430 g/mol. The molecule has 1 N–H and O–H groups in total. The first-order valence-corrected chi connectivity index (χ1v) is 10.6. The first-order valence-electron chi connectivity index (χ1n) is 11.2. The summed E-state index contributed by atoms with van der Waals surface area (Å²) in [5, 5.41) is 9.71. The fourth-order valence-corrected chi connectivity index (χ4v) is 4.63. The fraction of sp³-hybridized carbons (Fsp3) is 0.259. The van der Waals surface area contributed by atoms with Crippen molar-refractivity contribution in [2.24, 2.45) is 0 Å². The van der Waals surface area contributed by atoms with Gasteiger partial charge in [0.15, 0.2) is 0 Å². The van der Waals surface area contributed by atoms with Crippen LogP contribution in [-0.2, 0) is 9.53 Å². The zero-order valence-electron chi connectivity index (χ0n) is 19.6. The largest absolute Gasteiger partial charge is 0.480 e. The third-order valence-electron chi connectivity index (χ3n) is 6.00. The molecule has 5 heteroatoms. The van der Waals surface area contributed by atoms with E-state index in [0.29, 0.717) is 5.69 Å². The van der Waals surface area contributed by atoms with E-state index < -0.39 is 30.6 Å². The highest BCUT2D eigenvalue weighted by molar-refractivity contribution is 5.96. The lowest BCUT2D eigenvalue weighted by molar-refractivity contribution is -0.138. The second-order valence-corrected chi connectivity index (χ2v) is 8.30. The minimum absolute atomic E-state index is 0.455. The number of aryl methyl sites for hydroxylation is 3.